The van der Waals surface area contributed by atoms with Crippen molar-refractivity contribution in [3.8, 4) is 0 Å². The molecule has 11 heavy (non-hydrogen) atoms. The molecule has 0 aromatic carbocycles. The quantitative estimate of drug-likeness (QED) is 0.557. The minimum Gasteiger partial charge on any atom is -0.303 e. The maximum absolute atomic E-state index is 10.4. The molecule has 0 N–H and O–H groups in total. The van der Waals surface area contributed by atoms with E-state index in [1.807, 2.05) is 25.1 Å². The zero-order chi connectivity index (χ0) is 8.27. The predicted molar refractivity (Wildman–Crippen MR) is 46.4 cm³/mol. The zero-order valence-corrected chi connectivity index (χ0v) is 7.71. The van der Waals surface area contributed by atoms with E-state index >= 15 is 0 Å². The fraction of sp³-hybridized carbons (Fsp3) is 0.250. The van der Waals surface area contributed by atoms with Crippen molar-refractivity contribution >= 4 is 22.2 Å². The summed E-state index contributed by atoms with van der Waals surface area (Å²) in [6.07, 6.45) is 0.884. The van der Waals surface area contributed by atoms with Crippen LogP contribution in [0, 0.1) is 0 Å². The fourth-order valence-electron chi connectivity index (χ4n) is 0.747. The summed E-state index contributed by atoms with van der Waals surface area (Å²) in [6.45, 7) is 1.82. The molecule has 58 valence electrons. The van der Waals surface area contributed by atoms with Gasteiger partial charge in [0.05, 0.1) is 11.6 Å². The van der Waals surface area contributed by atoms with Gasteiger partial charge in [-0.15, -0.1) is 0 Å². The predicted octanol–water partition coefficient (Wildman–Crippen LogP) is 2.15. The van der Waals surface area contributed by atoms with Crippen LogP contribution >= 0.6 is 15.9 Å². The summed E-state index contributed by atoms with van der Waals surface area (Å²) in [5.74, 6) is -0.118. The van der Waals surface area contributed by atoms with Crippen LogP contribution in [-0.2, 0) is 4.79 Å². The molecule has 0 aliphatic carbocycles. The zero-order valence-electron chi connectivity index (χ0n) is 6.12. The summed E-state index contributed by atoms with van der Waals surface area (Å²) < 4.78 is 0.767. The number of carbonyl (C=O) groups excluding carboxylic acids is 1. The van der Waals surface area contributed by atoms with Crippen molar-refractivity contribution in [1.82, 2.24) is 4.98 Å². The molecule has 0 radical (unpaired) electrons. The van der Waals surface area contributed by atoms with Crippen molar-refractivity contribution in [3.05, 3.63) is 28.5 Å². The Kier molecular flexibility index (Phi) is 2.76. The Bertz CT molecular complexity index is 262. The molecule has 0 bridgehead atoms. The molecule has 1 aromatic rings. The van der Waals surface area contributed by atoms with Gasteiger partial charge >= 0.3 is 0 Å². The molecule has 0 saturated carbocycles. The van der Waals surface area contributed by atoms with Crippen molar-refractivity contribution in [2.75, 3.05) is 0 Å². The van der Waals surface area contributed by atoms with Gasteiger partial charge in [-0.2, -0.15) is 0 Å². The molecule has 1 rings (SSSR count). The Labute approximate surface area is 73.8 Å². The molecule has 0 aliphatic heterocycles. The Morgan fingerprint density at radius 2 is 2.36 bits per heavy atom. The van der Waals surface area contributed by atoms with Crippen LogP contribution in [0.25, 0.3) is 0 Å². The Morgan fingerprint density at radius 1 is 1.64 bits per heavy atom. The van der Waals surface area contributed by atoms with Gasteiger partial charge in [-0.3, -0.25) is 0 Å². The minimum absolute atomic E-state index is 0.118. The first kappa shape index (κ1) is 8.40. The number of rotatable bonds is 2. The number of aromatic nitrogens is 1. The number of carbonyl (C=O) groups is 1. The standard InChI is InChI=1S/C8H8BrNO/c1-6(5-11)7-3-2-4-8(9)10-7/h2-6H,1H3. The lowest BCUT2D eigenvalue weighted by Gasteiger charge is -2.01. The Morgan fingerprint density at radius 3 is 2.91 bits per heavy atom. The number of hydrogen-bond donors (Lipinski definition) is 0. The second kappa shape index (κ2) is 3.62. The van der Waals surface area contributed by atoms with Crippen molar-refractivity contribution in [3.63, 3.8) is 0 Å². The summed E-state index contributed by atoms with van der Waals surface area (Å²) in [6, 6.07) is 5.54. The lowest BCUT2D eigenvalue weighted by molar-refractivity contribution is -0.108. The van der Waals surface area contributed by atoms with Gasteiger partial charge in [0.15, 0.2) is 0 Å². The van der Waals surface area contributed by atoms with Crippen molar-refractivity contribution in [2.24, 2.45) is 0 Å². The van der Waals surface area contributed by atoms with Crippen molar-refractivity contribution in [2.45, 2.75) is 12.8 Å². The Hall–Kier alpha value is -0.700. The average molecular weight is 214 g/mol. The van der Waals surface area contributed by atoms with Crippen LogP contribution in [0.1, 0.15) is 18.5 Å². The number of pyridine rings is 1. The van der Waals surface area contributed by atoms with E-state index in [1.165, 1.54) is 0 Å². The average Bonchev–Trinajstić information content (AvgIpc) is 2.03. The van der Waals surface area contributed by atoms with Crippen LogP contribution in [0.2, 0.25) is 0 Å². The molecule has 1 unspecified atom stereocenters. The second-order valence-corrected chi connectivity index (χ2v) is 3.12. The van der Waals surface area contributed by atoms with Crippen LogP contribution in [0.3, 0.4) is 0 Å². The van der Waals surface area contributed by atoms with E-state index in [1.54, 1.807) is 0 Å². The summed E-state index contributed by atoms with van der Waals surface area (Å²) in [7, 11) is 0. The first-order valence-corrected chi connectivity index (χ1v) is 4.11. The maximum atomic E-state index is 10.4. The molecule has 0 saturated heterocycles. The van der Waals surface area contributed by atoms with E-state index in [2.05, 4.69) is 20.9 Å². The van der Waals surface area contributed by atoms with Gasteiger partial charge in [0.25, 0.3) is 0 Å². The minimum atomic E-state index is -0.118. The Balaban J connectivity index is 2.95. The molecule has 2 nitrogen and oxygen atoms in total. The highest BCUT2D eigenvalue weighted by molar-refractivity contribution is 9.10. The maximum Gasteiger partial charge on any atom is 0.128 e. The topological polar surface area (TPSA) is 30.0 Å². The number of hydrogen-bond acceptors (Lipinski definition) is 2. The lowest BCUT2D eigenvalue weighted by Crippen LogP contribution is -1.97. The molecule has 1 heterocycles. The van der Waals surface area contributed by atoms with Gasteiger partial charge in [0.1, 0.15) is 10.9 Å². The number of halogens is 1. The highest BCUT2D eigenvalue weighted by atomic mass is 79.9. The molecule has 1 aromatic heterocycles. The number of aldehydes is 1. The summed E-state index contributed by atoms with van der Waals surface area (Å²) in [5, 5.41) is 0. The van der Waals surface area contributed by atoms with Crippen LogP contribution in [-0.4, -0.2) is 11.3 Å². The molecular weight excluding hydrogens is 206 g/mol. The molecule has 0 spiro atoms. The van der Waals surface area contributed by atoms with Crippen LogP contribution in [0.5, 0.6) is 0 Å². The molecule has 0 aliphatic rings. The third kappa shape index (κ3) is 2.12. The van der Waals surface area contributed by atoms with Gasteiger partial charge in [-0.25, -0.2) is 4.98 Å². The normalized spacial score (nSPS) is 12.5. The summed E-state index contributed by atoms with van der Waals surface area (Å²) in [5.41, 5.74) is 0.800. The molecule has 0 fully saturated rings. The molecule has 3 heteroatoms. The third-order valence-electron chi connectivity index (χ3n) is 1.41. The van der Waals surface area contributed by atoms with Crippen LogP contribution in [0.4, 0.5) is 0 Å². The SMILES string of the molecule is CC(C=O)c1cccc(Br)n1. The highest BCUT2D eigenvalue weighted by Crippen LogP contribution is 2.12. The molecule has 0 amide bonds. The lowest BCUT2D eigenvalue weighted by atomic mass is 10.1. The number of nitrogens with zero attached hydrogens (tertiary/aromatic N) is 1. The van der Waals surface area contributed by atoms with E-state index in [-0.39, 0.29) is 5.92 Å². The van der Waals surface area contributed by atoms with E-state index < -0.39 is 0 Å². The largest absolute Gasteiger partial charge is 0.303 e. The van der Waals surface area contributed by atoms with E-state index in [0.29, 0.717) is 0 Å². The van der Waals surface area contributed by atoms with Crippen molar-refractivity contribution < 1.29 is 4.79 Å². The van der Waals surface area contributed by atoms with Crippen LogP contribution < -0.4 is 0 Å². The van der Waals surface area contributed by atoms with Gasteiger partial charge < -0.3 is 4.79 Å². The summed E-state index contributed by atoms with van der Waals surface area (Å²) >= 11 is 3.23. The van der Waals surface area contributed by atoms with E-state index in [9.17, 15) is 4.79 Å². The van der Waals surface area contributed by atoms with Gasteiger partial charge in [-0.05, 0) is 28.1 Å². The summed E-state index contributed by atoms with van der Waals surface area (Å²) in [4.78, 5) is 14.5. The van der Waals surface area contributed by atoms with Gasteiger partial charge in [-0.1, -0.05) is 13.0 Å². The third-order valence-corrected chi connectivity index (χ3v) is 1.85. The second-order valence-electron chi connectivity index (χ2n) is 2.31. The fourth-order valence-corrected chi connectivity index (χ4v) is 1.10. The smallest absolute Gasteiger partial charge is 0.128 e. The van der Waals surface area contributed by atoms with Crippen molar-refractivity contribution in [1.29, 1.82) is 0 Å². The monoisotopic (exact) mass is 213 g/mol. The molecular formula is C8H8BrNO. The van der Waals surface area contributed by atoms with E-state index in [4.69, 9.17) is 0 Å². The van der Waals surface area contributed by atoms with Crippen LogP contribution in [0.15, 0.2) is 22.8 Å². The van der Waals surface area contributed by atoms with Gasteiger partial charge in [0.2, 0.25) is 0 Å². The first-order chi connectivity index (χ1) is 5.24. The van der Waals surface area contributed by atoms with Gasteiger partial charge in [0, 0.05) is 0 Å². The first-order valence-electron chi connectivity index (χ1n) is 3.32. The van der Waals surface area contributed by atoms with E-state index in [0.717, 1.165) is 16.6 Å². The molecule has 1 atom stereocenters. The highest BCUT2D eigenvalue weighted by Gasteiger charge is 2.03.